The van der Waals surface area contributed by atoms with Gasteiger partial charge in [0.15, 0.2) is 0 Å². The van der Waals surface area contributed by atoms with E-state index in [1.165, 1.54) is 12.8 Å². The van der Waals surface area contributed by atoms with Gasteiger partial charge in [0.25, 0.3) is 0 Å². The Kier molecular flexibility index (Phi) is 2.48. The largest absolute Gasteiger partial charge is 0.347 e. The van der Waals surface area contributed by atoms with Gasteiger partial charge >= 0.3 is 0 Å². The van der Waals surface area contributed by atoms with Gasteiger partial charge in [-0.15, -0.1) is 5.10 Å². The number of aromatic nitrogens is 4. The number of pyridine rings is 1. The lowest BCUT2D eigenvalue weighted by Crippen LogP contribution is -2.17. The van der Waals surface area contributed by atoms with Crippen LogP contribution in [0.15, 0.2) is 30.7 Å². The van der Waals surface area contributed by atoms with E-state index in [9.17, 15) is 0 Å². The number of nitrogens with zero attached hydrogens (tertiary/aromatic N) is 5. The first-order valence-electron chi connectivity index (χ1n) is 6.42. The number of hydrogen-bond acceptors (Lipinski definition) is 5. The lowest BCUT2D eigenvalue weighted by Gasteiger charge is -2.11. The van der Waals surface area contributed by atoms with Crippen LogP contribution in [0.5, 0.6) is 0 Å². The van der Waals surface area contributed by atoms with Crippen LogP contribution in [0.4, 0.5) is 5.13 Å². The molecule has 6 heteroatoms. The molecule has 0 saturated carbocycles. The Balaban J connectivity index is 1.71. The highest BCUT2D eigenvalue weighted by molar-refractivity contribution is 7.20. The van der Waals surface area contributed by atoms with Crippen molar-refractivity contribution in [1.82, 2.24) is 19.6 Å². The zero-order chi connectivity index (χ0) is 12.7. The second-order valence-corrected chi connectivity index (χ2v) is 5.61. The van der Waals surface area contributed by atoms with Gasteiger partial charge in [-0.05, 0) is 25.0 Å². The number of anilines is 1. The molecule has 96 valence electrons. The minimum atomic E-state index is 0.930. The maximum absolute atomic E-state index is 4.63. The fourth-order valence-corrected chi connectivity index (χ4v) is 3.31. The molecule has 0 aromatic carbocycles. The second kappa shape index (κ2) is 4.31. The molecule has 1 fully saturated rings. The van der Waals surface area contributed by atoms with Crippen molar-refractivity contribution < 1.29 is 0 Å². The fourth-order valence-electron chi connectivity index (χ4n) is 2.38. The molecule has 4 rings (SSSR count). The van der Waals surface area contributed by atoms with Crippen molar-refractivity contribution in [2.24, 2.45) is 0 Å². The zero-order valence-electron chi connectivity index (χ0n) is 10.4. The predicted octanol–water partition coefficient (Wildman–Crippen LogP) is 2.45. The summed E-state index contributed by atoms with van der Waals surface area (Å²) in [5.74, 6) is 0. The van der Waals surface area contributed by atoms with Crippen LogP contribution in [-0.4, -0.2) is 32.7 Å². The van der Waals surface area contributed by atoms with Crippen LogP contribution < -0.4 is 4.90 Å². The molecule has 0 radical (unpaired) electrons. The molecule has 1 aliphatic heterocycles. The first kappa shape index (κ1) is 10.9. The van der Waals surface area contributed by atoms with E-state index in [2.05, 4.69) is 20.0 Å². The highest BCUT2D eigenvalue weighted by atomic mass is 32.1. The van der Waals surface area contributed by atoms with Gasteiger partial charge in [-0.1, -0.05) is 11.3 Å². The molecule has 1 aliphatic rings. The van der Waals surface area contributed by atoms with Gasteiger partial charge < -0.3 is 4.90 Å². The van der Waals surface area contributed by atoms with E-state index in [0.29, 0.717) is 0 Å². The monoisotopic (exact) mass is 271 g/mol. The van der Waals surface area contributed by atoms with Crippen molar-refractivity contribution in [3.63, 3.8) is 0 Å². The average molecular weight is 271 g/mol. The molecular formula is C13H13N5S. The molecule has 4 heterocycles. The maximum Gasteiger partial charge on any atom is 0.214 e. The summed E-state index contributed by atoms with van der Waals surface area (Å²) in [4.78, 5) is 12.0. The van der Waals surface area contributed by atoms with Gasteiger partial charge in [0.2, 0.25) is 10.1 Å². The lowest BCUT2D eigenvalue weighted by atomic mass is 10.2. The highest BCUT2D eigenvalue weighted by Crippen LogP contribution is 2.28. The molecule has 0 atom stereocenters. The summed E-state index contributed by atoms with van der Waals surface area (Å²) in [5, 5.41) is 5.70. The van der Waals surface area contributed by atoms with Crippen molar-refractivity contribution in [3.05, 3.63) is 30.7 Å². The van der Waals surface area contributed by atoms with Crippen LogP contribution in [0.25, 0.3) is 16.2 Å². The second-order valence-electron chi connectivity index (χ2n) is 4.67. The summed E-state index contributed by atoms with van der Waals surface area (Å²) < 4.78 is 1.88. The van der Waals surface area contributed by atoms with Crippen molar-refractivity contribution >= 4 is 21.4 Å². The molecule has 5 nitrogen and oxygen atoms in total. The van der Waals surface area contributed by atoms with Gasteiger partial charge in [0, 0.05) is 31.0 Å². The minimum Gasteiger partial charge on any atom is -0.347 e. The Bertz CT molecular complexity index is 665. The Morgan fingerprint density at radius 1 is 1.21 bits per heavy atom. The van der Waals surface area contributed by atoms with E-state index in [1.54, 1.807) is 17.5 Å². The van der Waals surface area contributed by atoms with E-state index >= 15 is 0 Å². The Labute approximate surface area is 114 Å². The molecule has 1 saturated heterocycles. The molecule has 0 bridgehead atoms. The summed E-state index contributed by atoms with van der Waals surface area (Å²) in [6.07, 6.45) is 8.10. The fraction of sp³-hybridized carbons (Fsp3) is 0.308. The SMILES string of the molecule is c1cncc(-c2cn3nc(N4CCCC4)sc3n2)c1. The van der Waals surface area contributed by atoms with Gasteiger partial charge in [0.05, 0.1) is 11.9 Å². The van der Waals surface area contributed by atoms with Crippen LogP contribution in [0.3, 0.4) is 0 Å². The van der Waals surface area contributed by atoms with E-state index in [4.69, 9.17) is 0 Å². The van der Waals surface area contributed by atoms with Crippen molar-refractivity contribution in [2.45, 2.75) is 12.8 Å². The molecule has 3 aromatic rings. The lowest BCUT2D eigenvalue weighted by molar-refractivity contribution is 0.893. The maximum atomic E-state index is 4.63. The number of imidazole rings is 1. The van der Waals surface area contributed by atoms with Crippen molar-refractivity contribution in [1.29, 1.82) is 0 Å². The third kappa shape index (κ3) is 1.88. The van der Waals surface area contributed by atoms with E-state index in [0.717, 1.165) is 34.4 Å². The molecule has 19 heavy (non-hydrogen) atoms. The number of rotatable bonds is 2. The van der Waals surface area contributed by atoms with E-state index < -0.39 is 0 Å². The molecular weight excluding hydrogens is 258 g/mol. The highest BCUT2D eigenvalue weighted by Gasteiger charge is 2.17. The molecule has 0 N–H and O–H groups in total. The van der Waals surface area contributed by atoms with Crippen LogP contribution in [0.1, 0.15) is 12.8 Å². The Morgan fingerprint density at radius 2 is 2.11 bits per heavy atom. The Hall–Kier alpha value is -1.95. The van der Waals surface area contributed by atoms with Gasteiger partial charge in [-0.2, -0.15) is 0 Å². The first-order valence-corrected chi connectivity index (χ1v) is 7.23. The normalized spacial score (nSPS) is 15.5. The van der Waals surface area contributed by atoms with Crippen molar-refractivity contribution in [2.75, 3.05) is 18.0 Å². The quantitative estimate of drug-likeness (QED) is 0.718. The zero-order valence-corrected chi connectivity index (χ0v) is 11.2. The summed E-state index contributed by atoms with van der Waals surface area (Å²) in [6, 6.07) is 3.94. The molecule has 0 amide bonds. The topological polar surface area (TPSA) is 46.3 Å². The Morgan fingerprint density at radius 3 is 2.84 bits per heavy atom. The van der Waals surface area contributed by atoms with Crippen LogP contribution >= 0.6 is 11.3 Å². The van der Waals surface area contributed by atoms with Crippen LogP contribution in [0.2, 0.25) is 0 Å². The van der Waals surface area contributed by atoms with Gasteiger partial charge in [0.1, 0.15) is 0 Å². The van der Waals surface area contributed by atoms with Crippen LogP contribution in [-0.2, 0) is 0 Å². The number of fused-ring (bicyclic) bond motifs is 1. The third-order valence-electron chi connectivity index (χ3n) is 3.37. The smallest absolute Gasteiger partial charge is 0.214 e. The molecule has 3 aromatic heterocycles. The van der Waals surface area contributed by atoms with Crippen LogP contribution in [0, 0.1) is 0 Å². The molecule has 0 spiro atoms. The predicted molar refractivity (Wildman–Crippen MR) is 75.5 cm³/mol. The summed E-state index contributed by atoms with van der Waals surface area (Å²) in [5.41, 5.74) is 1.96. The van der Waals surface area contributed by atoms with E-state index in [1.807, 2.05) is 29.0 Å². The minimum absolute atomic E-state index is 0.930. The summed E-state index contributed by atoms with van der Waals surface area (Å²) in [7, 11) is 0. The summed E-state index contributed by atoms with van der Waals surface area (Å²) in [6.45, 7) is 2.23. The van der Waals surface area contributed by atoms with Gasteiger partial charge in [-0.3, -0.25) is 4.98 Å². The molecule has 0 unspecified atom stereocenters. The molecule has 0 aliphatic carbocycles. The van der Waals surface area contributed by atoms with E-state index in [-0.39, 0.29) is 0 Å². The standard InChI is InChI=1S/C13H13N5S/c1-2-7-17(6-1)13-16-18-9-11(15-12(18)19-13)10-4-3-5-14-8-10/h3-5,8-9H,1-2,6-7H2. The number of hydrogen-bond donors (Lipinski definition) is 0. The van der Waals surface area contributed by atoms with Gasteiger partial charge in [-0.25, -0.2) is 9.50 Å². The van der Waals surface area contributed by atoms with Crippen molar-refractivity contribution in [3.8, 4) is 11.3 Å². The first-order chi connectivity index (χ1) is 9.40. The average Bonchev–Trinajstić information content (AvgIpc) is 3.14. The summed E-state index contributed by atoms with van der Waals surface area (Å²) >= 11 is 1.66. The third-order valence-corrected chi connectivity index (χ3v) is 4.35.